The van der Waals surface area contributed by atoms with Crippen LogP contribution < -0.4 is 4.74 Å². The highest BCUT2D eigenvalue weighted by Gasteiger charge is 2.48. The van der Waals surface area contributed by atoms with Gasteiger partial charge < -0.3 is 9.84 Å². The van der Waals surface area contributed by atoms with Crippen LogP contribution in [0.4, 0.5) is 0 Å². The molecule has 0 heterocycles. The van der Waals surface area contributed by atoms with Gasteiger partial charge in [-0.25, -0.2) is 8.42 Å². The first-order valence-corrected chi connectivity index (χ1v) is 9.03. The van der Waals surface area contributed by atoms with Gasteiger partial charge in [-0.3, -0.25) is 0 Å². The highest BCUT2D eigenvalue weighted by atomic mass is 32.2. The van der Waals surface area contributed by atoms with Crippen LogP contribution >= 0.6 is 0 Å². The minimum Gasteiger partial charge on any atom is -0.490 e. The fourth-order valence-electron chi connectivity index (χ4n) is 3.07. The molecule has 5 heteroatoms. The molecule has 1 aromatic carbocycles. The van der Waals surface area contributed by atoms with Crippen molar-refractivity contribution in [1.29, 1.82) is 0 Å². The highest BCUT2D eigenvalue weighted by molar-refractivity contribution is 7.91. The molecule has 0 amide bonds. The van der Waals surface area contributed by atoms with E-state index in [0.717, 1.165) is 25.0 Å². The third kappa shape index (κ3) is 2.56. The van der Waals surface area contributed by atoms with Crippen molar-refractivity contribution >= 4 is 9.84 Å². The van der Waals surface area contributed by atoms with Gasteiger partial charge >= 0.3 is 0 Å². The van der Waals surface area contributed by atoms with Gasteiger partial charge in [0.25, 0.3) is 0 Å². The largest absolute Gasteiger partial charge is 0.490 e. The summed E-state index contributed by atoms with van der Waals surface area (Å²) in [7, 11) is -3.27. The maximum Gasteiger partial charge on any atom is 0.153 e. The summed E-state index contributed by atoms with van der Waals surface area (Å²) in [4.78, 5) is 0. The third-order valence-corrected chi connectivity index (χ3v) is 5.89. The number of rotatable bonds is 4. The summed E-state index contributed by atoms with van der Waals surface area (Å²) < 4.78 is 29.5. The molecule has 4 nitrogen and oxygen atoms in total. The molecule has 2 atom stereocenters. The molecule has 2 unspecified atom stereocenters. The van der Waals surface area contributed by atoms with Gasteiger partial charge in [-0.2, -0.15) is 0 Å². The quantitative estimate of drug-likeness (QED) is 0.923. The van der Waals surface area contributed by atoms with Crippen molar-refractivity contribution in [3.8, 4) is 5.75 Å². The predicted octanol–water partition coefficient (Wildman–Crippen LogP) is 2.01. The molecule has 110 valence electrons. The number of sulfone groups is 1. The molecular formula is C15H20O4S. The van der Waals surface area contributed by atoms with E-state index in [1.165, 1.54) is 6.26 Å². The lowest BCUT2D eigenvalue weighted by Gasteiger charge is -2.29. The van der Waals surface area contributed by atoms with Crippen LogP contribution in [0.5, 0.6) is 5.75 Å². The SMILES string of the molecule is CS(=O)(=O)C1CCCC1(O)c1cccc(OC2CC2)c1. The Balaban J connectivity index is 1.93. The zero-order valence-electron chi connectivity index (χ0n) is 11.6. The average Bonchev–Trinajstić information content (AvgIpc) is 3.08. The fourth-order valence-corrected chi connectivity index (χ4v) is 4.63. The predicted molar refractivity (Wildman–Crippen MR) is 76.5 cm³/mol. The lowest BCUT2D eigenvalue weighted by molar-refractivity contribution is 0.0474. The Morgan fingerprint density at radius 2 is 2.05 bits per heavy atom. The maximum atomic E-state index is 11.9. The Hall–Kier alpha value is -1.07. The van der Waals surface area contributed by atoms with E-state index in [0.29, 0.717) is 18.4 Å². The first kappa shape index (κ1) is 13.9. The minimum absolute atomic E-state index is 0.286. The first-order valence-electron chi connectivity index (χ1n) is 7.08. The van der Waals surface area contributed by atoms with Gasteiger partial charge in [0.05, 0.1) is 11.4 Å². The molecular weight excluding hydrogens is 276 g/mol. The second kappa shape index (κ2) is 4.74. The molecule has 2 fully saturated rings. The smallest absolute Gasteiger partial charge is 0.153 e. The van der Waals surface area contributed by atoms with E-state index in [1.807, 2.05) is 12.1 Å². The second-order valence-corrected chi connectivity index (χ2v) is 8.21. The van der Waals surface area contributed by atoms with Gasteiger partial charge in [0.15, 0.2) is 9.84 Å². The summed E-state index contributed by atoms with van der Waals surface area (Å²) in [6.45, 7) is 0. The topological polar surface area (TPSA) is 63.6 Å². The number of aliphatic hydroxyl groups is 1. The summed E-state index contributed by atoms with van der Waals surface area (Å²) in [5, 5.41) is 10.2. The second-order valence-electron chi connectivity index (χ2n) is 5.98. The van der Waals surface area contributed by atoms with E-state index >= 15 is 0 Å². The minimum atomic E-state index is -3.27. The molecule has 2 saturated carbocycles. The van der Waals surface area contributed by atoms with Crippen LogP contribution in [-0.4, -0.2) is 31.1 Å². The normalized spacial score (nSPS) is 30.4. The molecule has 2 aliphatic carbocycles. The molecule has 0 radical (unpaired) electrons. The van der Waals surface area contributed by atoms with E-state index in [9.17, 15) is 13.5 Å². The molecule has 0 saturated heterocycles. The molecule has 0 aromatic heterocycles. The zero-order chi connectivity index (χ0) is 14.4. The third-order valence-electron chi connectivity index (χ3n) is 4.23. The Kier molecular flexibility index (Phi) is 3.29. The molecule has 1 aromatic rings. The molecule has 0 aliphatic heterocycles. The number of ether oxygens (including phenoxy) is 1. The van der Waals surface area contributed by atoms with Gasteiger partial charge in [-0.15, -0.1) is 0 Å². The van der Waals surface area contributed by atoms with Crippen molar-refractivity contribution in [3.05, 3.63) is 29.8 Å². The number of hydrogen-bond donors (Lipinski definition) is 1. The molecule has 0 spiro atoms. The Morgan fingerprint density at radius 3 is 2.70 bits per heavy atom. The lowest BCUT2D eigenvalue weighted by Crippen LogP contribution is -2.39. The monoisotopic (exact) mass is 296 g/mol. The molecule has 3 rings (SSSR count). The molecule has 0 bridgehead atoms. The van der Waals surface area contributed by atoms with Crippen molar-refractivity contribution in [2.75, 3.05) is 6.26 Å². The van der Waals surface area contributed by atoms with Crippen molar-refractivity contribution < 1.29 is 18.3 Å². The molecule has 1 N–H and O–H groups in total. The van der Waals surface area contributed by atoms with Gasteiger partial charge in [0, 0.05) is 6.26 Å². The summed E-state index contributed by atoms with van der Waals surface area (Å²) in [5.41, 5.74) is -0.625. The van der Waals surface area contributed by atoms with Crippen molar-refractivity contribution in [2.24, 2.45) is 0 Å². The first-order chi connectivity index (χ1) is 9.39. The van der Waals surface area contributed by atoms with Gasteiger partial charge in [0.2, 0.25) is 0 Å². The van der Waals surface area contributed by atoms with Crippen LogP contribution in [-0.2, 0) is 15.4 Å². The van der Waals surface area contributed by atoms with E-state index < -0.39 is 20.7 Å². The van der Waals surface area contributed by atoms with Crippen LogP contribution in [0, 0.1) is 0 Å². The van der Waals surface area contributed by atoms with Gasteiger partial charge in [-0.1, -0.05) is 12.1 Å². The van der Waals surface area contributed by atoms with E-state index in [-0.39, 0.29) is 6.10 Å². The number of hydrogen-bond acceptors (Lipinski definition) is 4. The summed E-state index contributed by atoms with van der Waals surface area (Å²) in [6.07, 6.45) is 5.36. The Labute approximate surface area is 119 Å². The zero-order valence-corrected chi connectivity index (χ0v) is 12.4. The molecule has 2 aliphatic rings. The van der Waals surface area contributed by atoms with Crippen LogP contribution in [0.2, 0.25) is 0 Å². The van der Waals surface area contributed by atoms with Crippen molar-refractivity contribution in [2.45, 2.75) is 49.1 Å². The van der Waals surface area contributed by atoms with Crippen LogP contribution in [0.25, 0.3) is 0 Å². The summed E-state index contributed by atoms with van der Waals surface area (Å²) in [5.74, 6) is 0.720. The van der Waals surface area contributed by atoms with Crippen LogP contribution in [0.15, 0.2) is 24.3 Å². The Morgan fingerprint density at radius 1 is 1.30 bits per heavy atom. The van der Waals surface area contributed by atoms with Crippen LogP contribution in [0.3, 0.4) is 0 Å². The standard InChI is InChI=1S/C15H20O4S/c1-20(17,18)14-6-3-9-15(14,16)11-4-2-5-13(10-11)19-12-7-8-12/h2,4-5,10,12,14,16H,3,6-9H2,1H3. The molecule has 20 heavy (non-hydrogen) atoms. The summed E-state index contributed by atoms with van der Waals surface area (Å²) >= 11 is 0. The highest BCUT2D eigenvalue weighted by Crippen LogP contribution is 2.43. The van der Waals surface area contributed by atoms with Crippen LogP contribution in [0.1, 0.15) is 37.7 Å². The Bertz CT molecular complexity index is 606. The number of benzene rings is 1. The van der Waals surface area contributed by atoms with Crippen molar-refractivity contribution in [1.82, 2.24) is 0 Å². The van der Waals surface area contributed by atoms with E-state index in [4.69, 9.17) is 4.74 Å². The summed E-state index contributed by atoms with van der Waals surface area (Å²) in [6, 6.07) is 7.27. The fraction of sp³-hybridized carbons (Fsp3) is 0.600. The maximum absolute atomic E-state index is 11.9. The van der Waals surface area contributed by atoms with E-state index in [2.05, 4.69) is 0 Å². The van der Waals surface area contributed by atoms with Gasteiger partial charge in [0.1, 0.15) is 11.4 Å². The lowest BCUT2D eigenvalue weighted by atomic mass is 9.92. The average molecular weight is 296 g/mol. The van der Waals surface area contributed by atoms with Gasteiger partial charge in [-0.05, 0) is 49.8 Å². The van der Waals surface area contributed by atoms with Crippen molar-refractivity contribution in [3.63, 3.8) is 0 Å². The van der Waals surface area contributed by atoms with E-state index in [1.54, 1.807) is 12.1 Å².